The van der Waals surface area contributed by atoms with Gasteiger partial charge < -0.3 is 14.3 Å². The molecule has 0 aliphatic carbocycles. The van der Waals surface area contributed by atoms with Gasteiger partial charge in [-0.25, -0.2) is 0 Å². The van der Waals surface area contributed by atoms with Crippen LogP contribution in [0.2, 0.25) is 0 Å². The van der Waals surface area contributed by atoms with Gasteiger partial charge >= 0.3 is 0 Å². The zero-order chi connectivity index (χ0) is 22.1. The first-order valence-electron chi connectivity index (χ1n) is 9.85. The van der Waals surface area contributed by atoms with E-state index < -0.39 is 23.5 Å². The molecular weight excluding hydrogens is 426 g/mol. The summed E-state index contributed by atoms with van der Waals surface area (Å²) in [4.78, 5) is 28.0. The van der Waals surface area contributed by atoms with Gasteiger partial charge in [-0.15, -0.1) is 11.3 Å². The smallest absolute Gasteiger partial charge is 0.294 e. The standard InChI is InChI=1S/C25H17NO5S/c27-23(20-9-5-15-32-20)21-22(19-8-4-14-30-19)26(25(29)24(21)28)16-10-12-18(13-11-16)31-17-6-2-1-3-7-17/h1-15,22,28H. The Morgan fingerprint density at radius 2 is 1.69 bits per heavy atom. The minimum Gasteiger partial charge on any atom is -0.503 e. The average Bonchev–Trinajstić information content (AvgIpc) is 3.57. The van der Waals surface area contributed by atoms with Crippen LogP contribution >= 0.6 is 11.3 Å². The van der Waals surface area contributed by atoms with E-state index in [9.17, 15) is 14.7 Å². The lowest BCUT2D eigenvalue weighted by Gasteiger charge is -2.25. The van der Waals surface area contributed by atoms with Crippen molar-refractivity contribution < 1.29 is 23.8 Å². The molecule has 1 aliphatic heterocycles. The Balaban J connectivity index is 1.50. The topological polar surface area (TPSA) is 80.0 Å². The van der Waals surface area contributed by atoms with Crippen molar-refractivity contribution in [1.29, 1.82) is 0 Å². The number of aliphatic hydroxyl groups excluding tert-OH is 1. The Labute approximate surface area is 187 Å². The number of nitrogens with zero attached hydrogens (tertiary/aromatic N) is 1. The molecule has 4 aromatic rings. The maximum absolute atomic E-state index is 13.2. The van der Waals surface area contributed by atoms with E-state index in [1.807, 2.05) is 30.3 Å². The molecule has 0 spiro atoms. The van der Waals surface area contributed by atoms with E-state index in [1.54, 1.807) is 53.9 Å². The van der Waals surface area contributed by atoms with Crippen LogP contribution in [0, 0.1) is 0 Å². The number of benzene rings is 2. The van der Waals surface area contributed by atoms with Crippen LogP contribution in [0.25, 0.3) is 0 Å². The molecule has 1 N–H and O–H groups in total. The second-order valence-electron chi connectivity index (χ2n) is 7.07. The van der Waals surface area contributed by atoms with Crippen LogP contribution in [0.4, 0.5) is 5.69 Å². The maximum Gasteiger partial charge on any atom is 0.294 e. The molecule has 1 atom stereocenters. The third kappa shape index (κ3) is 3.48. The molecule has 0 bridgehead atoms. The van der Waals surface area contributed by atoms with E-state index in [0.29, 0.717) is 27.8 Å². The average molecular weight is 443 g/mol. The molecule has 1 unspecified atom stereocenters. The summed E-state index contributed by atoms with van der Waals surface area (Å²) in [6, 6.07) is 22.1. The van der Waals surface area contributed by atoms with Gasteiger partial charge in [0.2, 0.25) is 5.78 Å². The van der Waals surface area contributed by atoms with Gasteiger partial charge in [-0.3, -0.25) is 14.5 Å². The second kappa shape index (κ2) is 8.20. The molecule has 7 heteroatoms. The number of furan rings is 1. The summed E-state index contributed by atoms with van der Waals surface area (Å²) in [5.41, 5.74) is 0.495. The van der Waals surface area contributed by atoms with Crippen LogP contribution in [0.15, 0.2) is 106 Å². The lowest BCUT2D eigenvalue weighted by atomic mass is 10.00. The van der Waals surface area contributed by atoms with E-state index in [1.165, 1.54) is 22.5 Å². The zero-order valence-electron chi connectivity index (χ0n) is 16.7. The molecule has 2 aromatic carbocycles. The number of amides is 1. The first-order chi connectivity index (χ1) is 15.6. The van der Waals surface area contributed by atoms with Crippen LogP contribution in [0.3, 0.4) is 0 Å². The molecule has 158 valence electrons. The first kappa shape index (κ1) is 19.8. The van der Waals surface area contributed by atoms with Crippen molar-refractivity contribution in [3.63, 3.8) is 0 Å². The normalized spacial score (nSPS) is 15.9. The zero-order valence-corrected chi connectivity index (χ0v) is 17.5. The molecule has 1 aliphatic rings. The predicted molar refractivity (Wildman–Crippen MR) is 120 cm³/mol. The van der Waals surface area contributed by atoms with Gasteiger partial charge in [-0.2, -0.15) is 0 Å². The molecule has 0 saturated heterocycles. The number of ether oxygens (including phenoxy) is 1. The fraction of sp³-hybridized carbons (Fsp3) is 0.0400. The van der Waals surface area contributed by atoms with Crippen molar-refractivity contribution >= 4 is 28.7 Å². The number of carbonyl (C=O) groups is 2. The van der Waals surface area contributed by atoms with Crippen LogP contribution in [0.1, 0.15) is 21.5 Å². The summed E-state index contributed by atoms with van der Waals surface area (Å²) >= 11 is 1.25. The lowest BCUT2D eigenvalue weighted by Crippen LogP contribution is -2.30. The van der Waals surface area contributed by atoms with E-state index in [0.717, 1.165) is 0 Å². The molecule has 6 nitrogen and oxygen atoms in total. The second-order valence-corrected chi connectivity index (χ2v) is 8.02. The van der Waals surface area contributed by atoms with Crippen molar-refractivity contribution in [2.45, 2.75) is 6.04 Å². The number of thiophene rings is 1. The summed E-state index contributed by atoms with van der Waals surface area (Å²) < 4.78 is 11.4. The van der Waals surface area contributed by atoms with E-state index in [-0.39, 0.29) is 5.57 Å². The molecule has 0 fully saturated rings. The summed E-state index contributed by atoms with van der Waals surface area (Å²) in [6.45, 7) is 0. The summed E-state index contributed by atoms with van der Waals surface area (Å²) in [5, 5.41) is 12.5. The molecule has 2 aromatic heterocycles. The fourth-order valence-corrected chi connectivity index (χ4v) is 4.34. The lowest BCUT2D eigenvalue weighted by molar-refractivity contribution is -0.117. The van der Waals surface area contributed by atoms with E-state index in [4.69, 9.17) is 9.15 Å². The highest BCUT2D eigenvalue weighted by molar-refractivity contribution is 7.12. The van der Waals surface area contributed by atoms with E-state index in [2.05, 4.69) is 0 Å². The third-order valence-electron chi connectivity index (χ3n) is 5.10. The Hall–Kier alpha value is -4.10. The van der Waals surface area contributed by atoms with Crippen LogP contribution in [-0.2, 0) is 4.79 Å². The van der Waals surface area contributed by atoms with Crippen molar-refractivity contribution in [1.82, 2.24) is 0 Å². The molecule has 0 saturated carbocycles. The number of Topliss-reactive ketones (excluding diaryl/α,β-unsaturated/α-hetero) is 1. The number of aliphatic hydroxyl groups is 1. The molecular formula is C25H17NO5S. The summed E-state index contributed by atoms with van der Waals surface area (Å²) in [5.74, 6) is 0.0189. The molecule has 3 heterocycles. The first-order valence-corrected chi connectivity index (χ1v) is 10.7. The highest BCUT2D eigenvalue weighted by Crippen LogP contribution is 2.42. The van der Waals surface area contributed by atoms with Gasteiger partial charge in [-0.1, -0.05) is 24.3 Å². The number of hydrogen-bond acceptors (Lipinski definition) is 6. The van der Waals surface area contributed by atoms with E-state index >= 15 is 0 Å². The molecule has 32 heavy (non-hydrogen) atoms. The van der Waals surface area contributed by atoms with Gasteiger partial charge in [0, 0.05) is 5.69 Å². The quantitative estimate of drug-likeness (QED) is 0.374. The third-order valence-corrected chi connectivity index (χ3v) is 5.97. The fourth-order valence-electron chi connectivity index (χ4n) is 3.66. The van der Waals surface area contributed by atoms with Crippen molar-refractivity contribution in [3.05, 3.63) is 112 Å². The van der Waals surface area contributed by atoms with Crippen LogP contribution < -0.4 is 9.64 Å². The minimum absolute atomic E-state index is 0.00277. The highest BCUT2D eigenvalue weighted by atomic mass is 32.1. The van der Waals surface area contributed by atoms with Gasteiger partial charge in [0.15, 0.2) is 5.76 Å². The number of anilines is 1. The summed E-state index contributed by atoms with van der Waals surface area (Å²) in [7, 11) is 0. The Morgan fingerprint density at radius 1 is 0.938 bits per heavy atom. The molecule has 5 rings (SSSR count). The van der Waals surface area contributed by atoms with Gasteiger partial charge in [0.1, 0.15) is 23.3 Å². The van der Waals surface area contributed by atoms with Gasteiger partial charge in [0.25, 0.3) is 5.91 Å². The largest absolute Gasteiger partial charge is 0.503 e. The molecule has 1 amide bonds. The monoisotopic (exact) mass is 443 g/mol. The Morgan fingerprint density at radius 3 is 2.34 bits per heavy atom. The Bertz CT molecular complexity index is 1280. The number of ketones is 1. The van der Waals surface area contributed by atoms with Crippen molar-refractivity contribution in [2.24, 2.45) is 0 Å². The SMILES string of the molecule is O=C(C1=C(O)C(=O)N(c2ccc(Oc3ccccc3)cc2)C1c1ccco1)c1cccs1. The molecule has 0 radical (unpaired) electrons. The van der Waals surface area contributed by atoms with Crippen LogP contribution in [0.5, 0.6) is 11.5 Å². The Kier molecular flexibility index (Phi) is 5.09. The van der Waals surface area contributed by atoms with Crippen molar-refractivity contribution in [2.75, 3.05) is 4.90 Å². The van der Waals surface area contributed by atoms with Crippen LogP contribution in [-0.4, -0.2) is 16.8 Å². The number of para-hydroxylation sites is 1. The minimum atomic E-state index is -0.881. The maximum atomic E-state index is 13.2. The number of rotatable bonds is 6. The number of carbonyl (C=O) groups excluding carboxylic acids is 2. The van der Waals surface area contributed by atoms with Gasteiger partial charge in [0.05, 0.1) is 16.7 Å². The number of hydrogen-bond donors (Lipinski definition) is 1. The highest BCUT2D eigenvalue weighted by Gasteiger charge is 2.46. The van der Waals surface area contributed by atoms with Crippen molar-refractivity contribution in [3.8, 4) is 11.5 Å². The van der Waals surface area contributed by atoms with Gasteiger partial charge in [-0.05, 0) is 60.0 Å². The summed E-state index contributed by atoms with van der Waals surface area (Å²) in [6.07, 6.45) is 1.47. The predicted octanol–water partition coefficient (Wildman–Crippen LogP) is 5.92.